The molecule has 2 aliphatic rings. The fraction of sp³-hybridized carbons (Fsp3) is 0.522. The minimum atomic E-state index is -5.08. The standard InChI is InChI=1S/C21H29N3O2.C2HF3O2/c1-21(2)9-7-14(8-10-21)18-11-15(5-6-17(18)19(22)25)16-12-23(3)20(26)24(4)13-16;3-2(4,5)1(6)7/h5-7,11,16H,8-10,12-13H2,1-4H3,(H2,22,25);(H,6,7). The van der Waals surface area contributed by atoms with Crippen LogP contribution < -0.4 is 5.73 Å². The van der Waals surface area contributed by atoms with E-state index in [-0.39, 0.29) is 17.9 Å². The Morgan fingerprint density at radius 3 is 2.12 bits per heavy atom. The summed E-state index contributed by atoms with van der Waals surface area (Å²) in [5.41, 5.74) is 9.87. The number of benzene rings is 1. The number of allylic oxidation sites excluding steroid dienone is 2. The average Bonchev–Trinajstić information content (AvgIpc) is 2.71. The number of nitrogens with two attached hydrogens (primary N) is 1. The molecule has 0 spiro atoms. The Labute approximate surface area is 191 Å². The van der Waals surface area contributed by atoms with Crippen LogP contribution in [0.2, 0.25) is 0 Å². The zero-order chi connectivity index (χ0) is 25.1. The maximum Gasteiger partial charge on any atom is 0.490 e. The van der Waals surface area contributed by atoms with Crippen molar-refractivity contribution >= 4 is 23.5 Å². The zero-order valence-electron chi connectivity index (χ0n) is 19.2. The molecule has 0 unspecified atom stereocenters. The zero-order valence-corrected chi connectivity index (χ0v) is 19.2. The van der Waals surface area contributed by atoms with Crippen molar-refractivity contribution in [3.63, 3.8) is 0 Å². The third-order valence-electron chi connectivity index (χ3n) is 5.98. The molecular formula is C23H30F3N3O4. The number of carboxylic acid groups (broad SMARTS) is 1. The monoisotopic (exact) mass is 469 g/mol. The first kappa shape index (κ1) is 26.2. The average molecular weight is 470 g/mol. The van der Waals surface area contributed by atoms with Crippen molar-refractivity contribution in [3.05, 3.63) is 41.0 Å². The second-order valence-electron chi connectivity index (χ2n) is 9.31. The Bertz CT molecular complexity index is 943. The molecule has 3 amide bonds. The second-order valence-corrected chi connectivity index (χ2v) is 9.31. The summed E-state index contributed by atoms with van der Waals surface area (Å²) in [4.78, 5) is 36.4. The van der Waals surface area contributed by atoms with Crippen molar-refractivity contribution in [1.29, 1.82) is 0 Å². The van der Waals surface area contributed by atoms with Gasteiger partial charge in [0.1, 0.15) is 0 Å². The van der Waals surface area contributed by atoms with E-state index in [4.69, 9.17) is 15.6 Å². The summed E-state index contributed by atoms with van der Waals surface area (Å²) in [7, 11) is 3.66. The number of carbonyl (C=O) groups is 3. The van der Waals surface area contributed by atoms with Gasteiger partial charge in [0.15, 0.2) is 0 Å². The number of nitrogens with zero attached hydrogens (tertiary/aromatic N) is 2. The topological polar surface area (TPSA) is 104 Å². The number of aliphatic carboxylic acids is 1. The van der Waals surface area contributed by atoms with Crippen LogP contribution in [0.4, 0.5) is 18.0 Å². The minimum absolute atomic E-state index is 0.0486. The number of likely N-dealkylation sites (N-methyl/N-ethyl adjacent to an activating group) is 2. The Kier molecular flexibility index (Phi) is 7.82. The maximum atomic E-state index is 12.0. The van der Waals surface area contributed by atoms with Gasteiger partial charge in [-0.25, -0.2) is 9.59 Å². The van der Waals surface area contributed by atoms with Gasteiger partial charge in [-0.15, -0.1) is 0 Å². The van der Waals surface area contributed by atoms with E-state index in [1.54, 1.807) is 9.80 Å². The van der Waals surface area contributed by atoms with Crippen LogP contribution in [-0.2, 0) is 4.79 Å². The number of carboxylic acids is 1. The van der Waals surface area contributed by atoms with Gasteiger partial charge in [0.05, 0.1) is 0 Å². The molecule has 0 atom stereocenters. The van der Waals surface area contributed by atoms with Gasteiger partial charge in [-0.05, 0) is 47.4 Å². The smallest absolute Gasteiger partial charge is 0.475 e. The molecule has 1 saturated heterocycles. The number of urea groups is 1. The maximum absolute atomic E-state index is 12.0. The quantitative estimate of drug-likeness (QED) is 0.696. The third-order valence-corrected chi connectivity index (χ3v) is 5.98. The highest BCUT2D eigenvalue weighted by atomic mass is 19.4. The van der Waals surface area contributed by atoms with Crippen molar-refractivity contribution in [3.8, 4) is 0 Å². The van der Waals surface area contributed by atoms with E-state index in [0.29, 0.717) is 24.1 Å². The van der Waals surface area contributed by atoms with Crippen molar-refractivity contribution in [2.24, 2.45) is 11.1 Å². The Morgan fingerprint density at radius 1 is 1.15 bits per heavy atom. The highest BCUT2D eigenvalue weighted by Gasteiger charge is 2.38. The number of carbonyl (C=O) groups excluding carboxylic acids is 2. The van der Waals surface area contributed by atoms with E-state index >= 15 is 0 Å². The van der Waals surface area contributed by atoms with E-state index in [9.17, 15) is 22.8 Å². The van der Waals surface area contributed by atoms with Crippen LogP contribution in [0.1, 0.15) is 60.5 Å². The molecule has 1 aliphatic heterocycles. The van der Waals surface area contributed by atoms with Crippen LogP contribution in [0, 0.1) is 5.41 Å². The van der Waals surface area contributed by atoms with Gasteiger partial charge < -0.3 is 20.6 Å². The first-order chi connectivity index (χ1) is 15.1. The van der Waals surface area contributed by atoms with E-state index in [1.807, 2.05) is 26.2 Å². The summed E-state index contributed by atoms with van der Waals surface area (Å²) in [5.74, 6) is -2.91. The van der Waals surface area contributed by atoms with Gasteiger partial charge >= 0.3 is 18.2 Å². The van der Waals surface area contributed by atoms with Gasteiger partial charge in [0.2, 0.25) is 5.91 Å². The van der Waals surface area contributed by atoms with E-state index in [2.05, 4.69) is 26.0 Å². The molecule has 0 saturated carbocycles. The van der Waals surface area contributed by atoms with Crippen molar-refractivity contribution in [1.82, 2.24) is 9.80 Å². The van der Waals surface area contributed by atoms with Crippen LogP contribution >= 0.6 is 0 Å². The number of rotatable bonds is 3. The molecule has 0 aromatic heterocycles. The Balaban J connectivity index is 0.000000479. The summed E-state index contributed by atoms with van der Waals surface area (Å²) >= 11 is 0. The number of hydrogen-bond donors (Lipinski definition) is 2. The molecule has 1 heterocycles. The predicted molar refractivity (Wildman–Crippen MR) is 118 cm³/mol. The van der Waals surface area contributed by atoms with Gasteiger partial charge in [0, 0.05) is 38.7 Å². The number of alkyl halides is 3. The summed E-state index contributed by atoms with van der Waals surface area (Å²) in [6, 6.07) is 6.00. The third kappa shape index (κ3) is 6.72. The van der Waals surface area contributed by atoms with Crippen molar-refractivity contribution < 1.29 is 32.7 Å². The van der Waals surface area contributed by atoms with Crippen LogP contribution in [0.5, 0.6) is 0 Å². The van der Waals surface area contributed by atoms with Crippen LogP contribution in [0.15, 0.2) is 24.3 Å². The van der Waals surface area contributed by atoms with Gasteiger partial charge in [-0.3, -0.25) is 4.79 Å². The molecule has 33 heavy (non-hydrogen) atoms. The number of halogens is 3. The summed E-state index contributed by atoms with van der Waals surface area (Å²) in [6.07, 6.45) is 0.246. The highest BCUT2D eigenvalue weighted by Crippen LogP contribution is 2.39. The van der Waals surface area contributed by atoms with Crippen LogP contribution in [-0.4, -0.2) is 66.2 Å². The lowest BCUT2D eigenvalue weighted by atomic mass is 9.76. The Hall–Kier alpha value is -3.04. The van der Waals surface area contributed by atoms with Gasteiger partial charge in [-0.2, -0.15) is 13.2 Å². The predicted octanol–water partition coefficient (Wildman–Crippen LogP) is 4.09. The molecule has 10 heteroatoms. The Morgan fingerprint density at radius 2 is 1.70 bits per heavy atom. The highest BCUT2D eigenvalue weighted by molar-refractivity contribution is 5.98. The van der Waals surface area contributed by atoms with Crippen LogP contribution in [0.25, 0.3) is 5.57 Å². The lowest BCUT2D eigenvalue weighted by Gasteiger charge is -2.37. The summed E-state index contributed by atoms with van der Waals surface area (Å²) < 4.78 is 31.7. The van der Waals surface area contributed by atoms with E-state index < -0.39 is 12.1 Å². The molecular weight excluding hydrogens is 439 g/mol. The van der Waals surface area contributed by atoms with Crippen molar-refractivity contribution in [2.45, 2.75) is 45.2 Å². The molecule has 1 aliphatic carbocycles. The lowest BCUT2D eigenvalue weighted by Crippen LogP contribution is -2.48. The van der Waals surface area contributed by atoms with Crippen LogP contribution in [0.3, 0.4) is 0 Å². The first-order valence-corrected chi connectivity index (χ1v) is 10.5. The molecule has 1 fully saturated rings. The normalized spacial score (nSPS) is 18.9. The SMILES string of the molecule is CN1CC(c2ccc(C(N)=O)c(C3=CCC(C)(C)CC3)c2)CN(C)C1=O.O=C(O)C(F)(F)F. The lowest BCUT2D eigenvalue weighted by molar-refractivity contribution is -0.192. The van der Waals surface area contributed by atoms with E-state index in [0.717, 1.165) is 30.4 Å². The summed E-state index contributed by atoms with van der Waals surface area (Å²) in [6.45, 7) is 5.92. The number of primary amides is 1. The molecule has 182 valence electrons. The second kappa shape index (κ2) is 9.84. The number of hydrogen-bond acceptors (Lipinski definition) is 3. The molecule has 1 aromatic rings. The molecule has 0 bridgehead atoms. The fourth-order valence-electron chi connectivity index (χ4n) is 3.99. The number of amides is 3. The largest absolute Gasteiger partial charge is 0.490 e. The molecule has 3 rings (SSSR count). The van der Waals surface area contributed by atoms with Crippen molar-refractivity contribution in [2.75, 3.05) is 27.2 Å². The molecule has 7 nitrogen and oxygen atoms in total. The van der Waals surface area contributed by atoms with Gasteiger partial charge in [0.25, 0.3) is 0 Å². The molecule has 0 radical (unpaired) electrons. The fourth-order valence-corrected chi connectivity index (χ4v) is 3.99. The molecule has 1 aromatic carbocycles. The van der Waals surface area contributed by atoms with E-state index in [1.165, 1.54) is 5.57 Å². The van der Waals surface area contributed by atoms with Gasteiger partial charge in [-0.1, -0.05) is 32.1 Å². The summed E-state index contributed by atoms with van der Waals surface area (Å²) in [5, 5.41) is 7.12. The first-order valence-electron chi connectivity index (χ1n) is 10.5. The molecule has 3 N–H and O–H groups in total. The minimum Gasteiger partial charge on any atom is -0.475 e.